The lowest BCUT2D eigenvalue weighted by molar-refractivity contribution is -0.120. The largest absolute Gasteiger partial charge is 0.497 e. The quantitative estimate of drug-likeness (QED) is 0.800. The van der Waals surface area contributed by atoms with Gasteiger partial charge in [0.1, 0.15) is 5.75 Å². The Morgan fingerprint density at radius 1 is 1.28 bits per heavy atom. The van der Waals surface area contributed by atoms with E-state index in [0.717, 1.165) is 4.90 Å². The molecule has 2 amide bonds. The fraction of sp³-hybridized carbons (Fsp3) is 0.176. The van der Waals surface area contributed by atoms with E-state index in [2.05, 4.69) is 10.6 Å². The smallest absolute Gasteiger partial charge is 0.238 e. The van der Waals surface area contributed by atoms with Crippen molar-refractivity contribution in [2.75, 3.05) is 17.7 Å². The van der Waals surface area contributed by atoms with Crippen molar-refractivity contribution in [2.24, 2.45) is 0 Å². The Hall–Kier alpha value is -1.89. The summed E-state index contributed by atoms with van der Waals surface area (Å²) in [6, 6.07) is 10.2. The number of ether oxygens (including phenoxy) is 1. The molecule has 8 heteroatoms. The molecule has 1 heterocycles. The normalized spacial score (nSPS) is 16.0. The molecule has 1 atom stereocenters. The Bertz CT molecular complexity index is 845. The maximum absolute atomic E-state index is 12.3. The van der Waals surface area contributed by atoms with Crippen molar-refractivity contribution in [3.05, 3.63) is 46.4 Å². The molecule has 0 saturated carbocycles. The van der Waals surface area contributed by atoms with Crippen molar-refractivity contribution in [3.63, 3.8) is 0 Å². The summed E-state index contributed by atoms with van der Waals surface area (Å²) >= 11 is 13.4. The third-order valence-corrected chi connectivity index (χ3v) is 5.41. The second-order valence-corrected chi connectivity index (χ2v) is 7.42. The molecular weight excluding hydrogens is 383 g/mol. The Kier molecular flexibility index (Phi) is 5.42. The van der Waals surface area contributed by atoms with Crippen LogP contribution in [0.25, 0.3) is 0 Å². The van der Waals surface area contributed by atoms with Crippen LogP contribution < -0.4 is 15.4 Å². The number of halogens is 2. The molecule has 2 aromatic rings. The van der Waals surface area contributed by atoms with Crippen molar-refractivity contribution >= 4 is 58.2 Å². The van der Waals surface area contributed by atoms with E-state index in [-0.39, 0.29) is 18.2 Å². The van der Waals surface area contributed by atoms with Crippen molar-refractivity contribution in [1.82, 2.24) is 0 Å². The first kappa shape index (κ1) is 17.9. The van der Waals surface area contributed by atoms with Crippen LogP contribution in [0.4, 0.5) is 11.4 Å². The molecule has 25 heavy (non-hydrogen) atoms. The van der Waals surface area contributed by atoms with E-state index < -0.39 is 5.25 Å². The molecule has 0 fully saturated rings. The lowest BCUT2D eigenvalue weighted by atomic mass is 10.2. The number of nitrogens with one attached hydrogen (secondary N) is 2. The predicted molar refractivity (Wildman–Crippen MR) is 101 cm³/mol. The summed E-state index contributed by atoms with van der Waals surface area (Å²) in [5.74, 6) is 0.0772. The Balaban J connectivity index is 1.67. The summed E-state index contributed by atoms with van der Waals surface area (Å²) in [4.78, 5) is 25.4. The van der Waals surface area contributed by atoms with E-state index in [1.165, 1.54) is 18.9 Å². The summed E-state index contributed by atoms with van der Waals surface area (Å²) in [5, 5.41) is 5.89. The number of carbonyl (C=O) groups excluding carboxylic acids is 2. The van der Waals surface area contributed by atoms with Crippen molar-refractivity contribution in [3.8, 4) is 5.75 Å². The van der Waals surface area contributed by atoms with Crippen LogP contribution in [-0.4, -0.2) is 24.2 Å². The lowest BCUT2D eigenvalue weighted by Crippen LogP contribution is -2.32. The molecule has 0 radical (unpaired) electrons. The second kappa shape index (κ2) is 7.56. The molecule has 1 aliphatic rings. The van der Waals surface area contributed by atoms with Crippen LogP contribution in [0.15, 0.2) is 41.3 Å². The van der Waals surface area contributed by atoms with Gasteiger partial charge in [0.05, 0.1) is 28.8 Å². The molecule has 0 saturated heterocycles. The highest BCUT2D eigenvalue weighted by Gasteiger charge is 2.29. The van der Waals surface area contributed by atoms with Gasteiger partial charge in [-0.05, 0) is 30.3 Å². The van der Waals surface area contributed by atoms with Crippen LogP contribution in [0, 0.1) is 0 Å². The topological polar surface area (TPSA) is 67.4 Å². The van der Waals surface area contributed by atoms with Gasteiger partial charge in [0, 0.05) is 22.4 Å². The first-order chi connectivity index (χ1) is 12.0. The van der Waals surface area contributed by atoms with Gasteiger partial charge >= 0.3 is 0 Å². The fourth-order valence-corrected chi connectivity index (χ4v) is 3.83. The number of hydrogen-bond acceptors (Lipinski definition) is 4. The third-order valence-electron chi connectivity index (χ3n) is 3.58. The van der Waals surface area contributed by atoms with Crippen molar-refractivity contribution < 1.29 is 14.3 Å². The number of rotatable bonds is 4. The van der Waals surface area contributed by atoms with Gasteiger partial charge in [-0.3, -0.25) is 9.59 Å². The molecule has 3 rings (SSSR count). The third kappa shape index (κ3) is 4.21. The number of methoxy groups -OCH3 is 1. The molecule has 0 bridgehead atoms. The van der Waals surface area contributed by atoms with Gasteiger partial charge in [-0.15, -0.1) is 11.8 Å². The van der Waals surface area contributed by atoms with E-state index in [0.29, 0.717) is 27.2 Å². The second-order valence-electron chi connectivity index (χ2n) is 5.33. The summed E-state index contributed by atoms with van der Waals surface area (Å²) in [6.07, 6.45) is 0.0287. The molecule has 2 aromatic carbocycles. The van der Waals surface area contributed by atoms with E-state index in [1.54, 1.807) is 30.3 Å². The standard InChI is InChI=1S/C17H14Cl2N2O3S/c1-24-10-3-4-12(11(19)7-10)20-16(22)8-15-17(23)21-13-6-9(18)2-5-14(13)25-15/h2-7,15H,8H2,1H3,(H,20,22)(H,21,23). The molecule has 5 nitrogen and oxygen atoms in total. The van der Waals surface area contributed by atoms with Gasteiger partial charge in [-0.2, -0.15) is 0 Å². The van der Waals surface area contributed by atoms with Crippen LogP contribution in [0.3, 0.4) is 0 Å². The molecule has 0 aliphatic carbocycles. The number of fused-ring (bicyclic) bond motifs is 1. The van der Waals surface area contributed by atoms with Gasteiger partial charge in [-0.25, -0.2) is 0 Å². The predicted octanol–water partition coefficient (Wildman–Crippen LogP) is 4.44. The first-order valence-corrected chi connectivity index (χ1v) is 9.00. The van der Waals surface area contributed by atoms with Gasteiger partial charge in [-0.1, -0.05) is 23.2 Å². The van der Waals surface area contributed by atoms with Crippen LogP contribution in [0.5, 0.6) is 5.75 Å². The van der Waals surface area contributed by atoms with Crippen LogP contribution in [-0.2, 0) is 9.59 Å². The van der Waals surface area contributed by atoms with Gasteiger partial charge in [0.2, 0.25) is 11.8 Å². The highest BCUT2D eigenvalue weighted by molar-refractivity contribution is 8.01. The van der Waals surface area contributed by atoms with Crippen molar-refractivity contribution in [2.45, 2.75) is 16.6 Å². The first-order valence-electron chi connectivity index (χ1n) is 7.36. The summed E-state index contributed by atoms with van der Waals surface area (Å²) < 4.78 is 5.07. The van der Waals surface area contributed by atoms with Gasteiger partial charge in [0.25, 0.3) is 0 Å². The molecule has 2 N–H and O–H groups in total. The molecule has 1 aliphatic heterocycles. The SMILES string of the molecule is COc1ccc(NC(=O)CC2Sc3ccc(Cl)cc3NC2=O)c(Cl)c1. The van der Waals surface area contributed by atoms with Gasteiger partial charge < -0.3 is 15.4 Å². The summed E-state index contributed by atoms with van der Waals surface area (Å²) in [6.45, 7) is 0. The summed E-state index contributed by atoms with van der Waals surface area (Å²) in [5.41, 5.74) is 1.14. The number of carbonyl (C=O) groups is 2. The zero-order valence-electron chi connectivity index (χ0n) is 13.1. The maximum Gasteiger partial charge on any atom is 0.238 e. The number of amides is 2. The fourth-order valence-electron chi connectivity index (χ4n) is 2.35. The van der Waals surface area contributed by atoms with E-state index >= 15 is 0 Å². The van der Waals surface area contributed by atoms with E-state index in [9.17, 15) is 9.59 Å². The van der Waals surface area contributed by atoms with Crippen LogP contribution >= 0.6 is 35.0 Å². The zero-order valence-corrected chi connectivity index (χ0v) is 15.5. The Morgan fingerprint density at radius 2 is 2.08 bits per heavy atom. The van der Waals surface area contributed by atoms with E-state index in [1.807, 2.05) is 6.07 Å². The number of thioether (sulfide) groups is 1. The summed E-state index contributed by atoms with van der Waals surface area (Å²) in [7, 11) is 1.54. The average Bonchev–Trinajstić information content (AvgIpc) is 2.57. The number of anilines is 2. The highest BCUT2D eigenvalue weighted by Crippen LogP contribution is 2.38. The van der Waals surface area contributed by atoms with Gasteiger partial charge in [0.15, 0.2) is 0 Å². The number of benzene rings is 2. The minimum absolute atomic E-state index is 0.0287. The average molecular weight is 397 g/mol. The molecule has 130 valence electrons. The van der Waals surface area contributed by atoms with Crippen molar-refractivity contribution in [1.29, 1.82) is 0 Å². The molecule has 0 spiro atoms. The Morgan fingerprint density at radius 3 is 2.80 bits per heavy atom. The molecular formula is C17H14Cl2N2O3S. The monoisotopic (exact) mass is 396 g/mol. The highest BCUT2D eigenvalue weighted by atomic mass is 35.5. The number of hydrogen-bond donors (Lipinski definition) is 2. The minimum atomic E-state index is -0.523. The van der Waals surface area contributed by atoms with Crippen LogP contribution in [0.1, 0.15) is 6.42 Å². The Labute approximate surface area is 159 Å². The van der Waals surface area contributed by atoms with E-state index in [4.69, 9.17) is 27.9 Å². The van der Waals surface area contributed by atoms with Crippen LogP contribution in [0.2, 0.25) is 10.0 Å². The lowest BCUT2D eigenvalue weighted by Gasteiger charge is -2.23. The molecule has 1 unspecified atom stereocenters. The zero-order chi connectivity index (χ0) is 18.0. The molecule has 0 aromatic heterocycles. The minimum Gasteiger partial charge on any atom is -0.497 e. The maximum atomic E-state index is 12.3.